The maximum Gasteiger partial charge on any atom is 0.393 e. The second-order valence-corrected chi connectivity index (χ2v) is 3.84. The van der Waals surface area contributed by atoms with Crippen LogP contribution in [0.3, 0.4) is 0 Å². The van der Waals surface area contributed by atoms with Crippen LogP contribution >= 0.6 is 0 Å². The first-order valence-electron chi connectivity index (χ1n) is 4.39. The molecule has 3 nitrogen and oxygen atoms in total. The topological polar surface area (TPSA) is 34.0 Å². The summed E-state index contributed by atoms with van der Waals surface area (Å²) in [5.41, 5.74) is -2.46. The van der Waals surface area contributed by atoms with E-state index in [1.807, 2.05) is 0 Å². The van der Waals surface area contributed by atoms with Crippen molar-refractivity contribution in [3.05, 3.63) is 0 Å². The van der Waals surface area contributed by atoms with Crippen molar-refractivity contribution in [1.29, 1.82) is 0 Å². The first kappa shape index (κ1) is 11.4. The van der Waals surface area contributed by atoms with Gasteiger partial charge in [-0.1, -0.05) is 6.92 Å². The van der Waals surface area contributed by atoms with Crippen molar-refractivity contribution in [2.75, 3.05) is 0 Å². The van der Waals surface area contributed by atoms with Crippen LogP contribution in [0, 0.1) is 0 Å². The number of azo groups is 1. The van der Waals surface area contributed by atoms with Gasteiger partial charge in [0.25, 0.3) is 0 Å². The molecule has 0 aromatic heterocycles. The summed E-state index contributed by atoms with van der Waals surface area (Å²) in [5.74, 6) is 0. The second-order valence-electron chi connectivity index (χ2n) is 3.84. The minimum absolute atomic E-state index is 0.166. The number of rotatable bonds is 2. The first-order valence-corrected chi connectivity index (χ1v) is 4.39. The first-order chi connectivity index (χ1) is 6.18. The summed E-state index contributed by atoms with van der Waals surface area (Å²) in [6.07, 6.45) is -5.20. The molecule has 0 aliphatic carbocycles. The SMILES string of the molecule is CCC1(CC(F)(F)F)N=NC(C)(C)O1. The van der Waals surface area contributed by atoms with E-state index < -0.39 is 24.0 Å². The van der Waals surface area contributed by atoms with E-state index in [0.717, 1.165) is 0 Å². The molecule has 1 aliphatic heterocycles. The van der Waals surface area contributed by atoms with Gasteiger partial charge < -0.3 is 4.74 Å². The van der Waals surface area contributed by atoms with Gasteiger partial charge in [0.2, 0.25) is 0 Å². The van der Waals surface area contributed by atoms with Crippen LogP contribution in [0.5, 0.6) is 0 Å². The van der Waals surface area contributed by atoms with Crippen LogP contribution in [0.1, 0.15) is 33.6 Å². The zero-order valence-electron chi connectivity index (χ0n) is 8.35. The van der Waals surface area contributed by atoms with Crippen molar-refractivity contribution in [2.45, 2.75) is 51.2 Å². The van der Waals surface area contributed by atoms with Crippen LogP contribution in [0.15, 0.2) is 10.2 Å². The molecule has 1 atom stereocenters. The molecule has 1 aliphatic rings. The van der Waals surface area contributed by atoms with Crippen LogP contribution in [0.25, 0.3) is 0 Å². The zero-order valence-corrected chi connectivity index (χ0v) is 8.35. The van der Waals surface area contributed by atoms with E-state index in [4.69, 9.17) is 4.74 Å². The fraction of sp³-hybridized carbons (Fsp3) is 1.00. The summed E-state index contributed by atoms with van der Waals surface area (Å²) in [6, 6.07) is 0. The van der Waals surface area contributed by atoms with Crippen molar-refractivity contribution in [1.82, 2.24) is 0 Å². The lowest BCUT2D eigenvalue weighted by atomic mass is 10.1. The summed E-state index contributed by atoms with van der Waals surface area (Å²) in [5, 5.41) is 7.29. The minimum atomic E-state index is -4.28. The molecule has 0 saturated carbocycles. The van der Waals surface area contributed by atoms with Gasteiger partial charge in [-0.3, -0.25) is 0 Å². The number of hydrogen-bond donors (Lipinski definition) is 0. The third-order valence-corrected chi connectivity index (χ3v) is 1.94. The minimum Gasteiger partial charge on any atom is -0.323 e. The van der Waals surface area contributed by atoms with Gasteiger partial charge in [0, 0.05) is 0 Å². The highest BCUT2D eigenvalue weighted by Gasteiger charge is 2.49. The van der Waals surface area contributed by atoms with Gasteiger partial charge in [0.1, 0.15) is 0 Å². The molecule has 0 bridgehead atoms. The van der Waals surface area contributed by atoms with Gasteiger partial charge in [-0.2, -0.15) is 23.4 Å². The molecule has 0 N–H and O–H groups in total. The summed E-state index contributed by atoms with van der Waals surface area (Å²) in [7, 11) is 0. The van der Waals surface area contributed by atoms with E-state index in [2.05, 4.69) is 10.2 Å². The summed E-state index contributed by atoms with van der Waals surface area (Å²) in [6.45, 7) is 4.78. The number of hydrogen-bond acceptors (Lipinski definition) is 3. The summed E-state index contributed by atoms with van der Waals surface area (Å²) in [4.78, 5) is 0. The van der Waals surface area contributed by atoms with Gasteiger partial charge in [-0.25, -0.2) is 0 Å². The average Bonchev–Trinajstić information content (AvgIpc) is 2.24. The van der Waals surface area contributed by atoms with E-state index in [1.165, 1.54) is 0 Å². The highest BCUT2D eigenvalue weighted by atomic mass is 19.4. The van der Waals surface area contributed by atoms with Crippen molar-refractivity contribution < 1.29 is 17.9 Å². The van der Waals surface area contributed by atoms with Gasteiger partial charge in [-0.05, 0) is 20.3 Å². The van der Waals surface area contributed by atoms with Crippen molar-refractivity contribution in [2.24, 2.45) is 10.2 Å². The fourth-order valence-electron chi connectivity index (χ4n) is 1.37. The molecule has 0 fully saturated rings. The van der Waals surface area contributed by atoms with Crippen molar-refractivity contribution in [3.63, 3.8) is 0 Å². The Morgan fingerprint density at radius 1 is 1.21 bits per heavy atom. The molecular formula is C8H13F3N2O. The number of alkyl halides is 3. The molecule has 1 heterocycles. The van der Waals surface area contributed by atoms with Crippen molar-refractivity contribution in [3.8, 4) is 0 Å². The van der Waals surface area contributed by atoms with Crippen molar-refractivity contribution >= 4 is 0 Å². The molecular weight excluding hydrogens is 197 g/mol. The lowest BCUT2D eigenvalue weighted by molar-refractivity contribution is -0.199. The molecule has 0 saturated heterocycles. The standard InChI is InChI=1S/C8H13F3N2O/c1-4-7(5-8(9,10)11)13-12-6(2,3)14-7/h4-5H2,1-3H3. The number of halogens is 3. The van der Waals surface area contributed by atoms with Crippen LogP contribution in [0.2, 0.25) is 0 Å². The third kappa shape index (κ3) is 2.67. The normalized spacial score (nSPS) is 31.0. The summed E-state index contributed by atoms with van der Waals surface area (Å²) >= 11 is 0. The Hall–Kier alpha value is -0.650. The predicted octanol–water partition coefficient (Wildman–Crippen LogP) is 3.26. The van der Waals surface area contributed by atoms with E-state index in [9.17, 15) is 13.2 Å². The van der Waals surface area contributed by atoms with Crippen LogP contribution in [-0.2, 0) is 4.74 Å². The summed E-state index contributed by atoms with van der Waals surface area (Å²) < 4.78 is 41.8. The maximum absolute atomic E-state index is 12.2. The van der Waals surface area contributed by atoms with Crippen LogP contribution < -0.4 is 0 Å². The highest BCUT2D eigenvalue weighted by Crippen LogP contribution is 2.41. The predicted molar refractivity (Wildman–Crippen MR) is 43.7 cm³/mol. The second kappa shape index (κ2) is 3.18. The highest BCUT2D eigenvalue weighted by molar-refractivity contribution is 4.87. The Kier molecular flexibility index (Phi) is 2.60. The van der Waals surface area contributed by atoms with Crippen LogP contribution in [-0.4, -0.2) is 17.6 Å². The maximum atomic E-state index is 12.2. The Bertz CT molecular complexity index is 249. The Morgan fingerprint density at radius 2 is 1.79 bits per heavy atom. The Balaban J connectivity index is 2.77. The van der Waals surface area contributed by atoms with Gasteiger partial charge in [0.15, 0.2) is 11.4 Å². The quantitative estimate of drug-likeness (QED) is 0.688. The molecule has 0 aromatic rings. The largest absolute Gasteiger partial charge is 0.393 e. The van der Waals surface area contributed by atoms with Gasteiger partial charge >= 0.3 is 6.18 Å². The smallest absolute Gasteiger partial charge is 0.323 e. The lowest BCUT2D eigenvalue weighted by Gasteiger charge is -2.27. The average molecular weight is 210 g/mol. The molecule has 1 unspecified atom stereocenters. The number of ether oxygens (including phenoxy) is 1. The fourth-order valence-corrected chi connectivity index (χ4v) is 1.37. The molecule has 0 spiro atoms. The lowest BCUT2D eigenvalue weighted by Crippen LogP contribution is -2.37. The van der Waals surface area contributed by atoms with E-state index >= 15 is 0 Å². The van der Waals surface area contributed by atoms with E-state index in [0.29, 0.717) is 0 Å². The number of nitrogens with zero attached hydrogens (tertiary/aromatic N) is 2. The van der Waals surface area contributed by atoms with Crippen LogP contribution in [0.4, 0.5) is 13.2 Å². The molecule has 14 heavy (non-hydrogen) atoms. The van der Waals surface area contributed by atoms with E-state index in [1.54, 1.807) is 20.8 Å². The molecule has 82 valence electrons. The molecule has 0 amide bonds. The zero-order chi connectivity index (χ0) is 11.0. The molecule has 0 aromatic carbocycles. The molecule has 1 rings (SSSR count). The van der Waals surface area contributed by atoms with E-state index in [-0.39, 0.29) is 6.42 Å². The monoisotopic (exact) mass is 210 g/mol. The van der Waals surface area contributed by atoms with Gasteiger partial charge in [-0.15, -0.1) is 0 Å². The molecule has 6 heteroatoms. The van der Waals surface area contributed by atoms with Gasteiger partial charge in [0.05, 0.1) is 6.42 Å². The molecule has 0 radical (unpaired) electrons. The Morgan fingerprint density at radius 3 is 2.07 bits per heavy atom. The Labute approximate surface area is 80.3 Å². The third-order valence-electron chi connectivity index (χ3n) is 1.94.